The molecule has 2 aliphatic rings. The fourth-order valence-corrected chi connectivity index (χ4v) is 4.06. The fourth-order valence-electron chi connectivity index (χ4n) is 4.06. The van der Waals surface area contributed by atoms with Crippen LogP contribution < -0.4 is 5.32 Å². The van der Waals surface area contributed by atoms with Crippen molar-refractivity contribution in [2.45, 2.75) is 58.5 Å². The zero-order valence-corrected chi connectivity index (χ0v) is 13.7. The maximum Gasteiger partial charge on any atom is 0.0239 e. The number of nitrogens with one attached hydrogen (secondary N) is 1. The molecule has 2 fully saturated rings. The fraction of sp³-hybridized carbons (Fsp3) is 0.684. The molecule has 1 aromatic rings. The summed E-state index contributed by atoms with van der Waals surface area (Å²) in [5, 5.41) is 3.55. The molecule has 0 aromatic heterocycles. The Labute approximate surface area is 129 Å². The van der Waals surface area contributed by atoms with Gasteiger partial charge in [-0.15, -0.1) is 0 Å². The number of nitrogens with zero attached hydrogens (tertiary/aromatic N) is 1. The van der Waals surface area contributed by atoms with Crippen LogP contribution in [0.25, 0.3) is 0 Å². The van der Waals surface area contributed by atoms with Crippen molar-refractivity contribution in [1.82, 2.24) is 10.2 Å². The molecule has 1 heterocycles. The highest BCUT2D eigenvalue weighted by molar-refractivity contribution is 5.30. The highest BCUT2D eigenvalue weighted by atomic mass is 15.2. The maximum atomic E-state index is 3.55. The number of benzene rings is 1. The van der Waals surface area contributed by atoms with Gasteiger partial charge in [0, 0.05) is 25.7 Å². The quantitative estimate of drug-likeness (QED) is 0.888. The van der Waals surface area contributed by atoms with E-state index in [2.05, 4.69) is 42.3 Å². The summed E-state index contributed by atoms with van der Waals surface area (Å²) in [6.45, 7) is 9.27. The summed E-state index contributed by atoms with van der Waals surface area (Å²) in [4.78, 5) is 2.77. The van der Waals surface area contributed by atoms with Crippen LogP contribution >= 0.6 is 0 Å². The Morgan fingerprint density at radius 3 is 2.62 bits per heavy atom. The van der Waals surface area contributed by atoms with Crippen molar-refractivity contribution in [3.63, 3.8) is 0 Å². The number of hydrogen-bond acceptors (Lipinski definition) is 2. The molecule has 1 atom stereocenters. The van der Waals surface area contributed by atoms with Gasteiger partial charge in [-0.3, -0.25) is 4.90 Å². The summed E-state index contributed by atoms with van der Waals surface area (Å²) >= 11 is 0. The van der Waals surface area contributed by atoms with E-state index in [0.29, 0.717) is 0 Å². The molecule has 1 N–H and O–H groups in total. The van der Waals surface area contributed by atoms with Gasteiger partial charge >= 0.3 is 0 Å². The highest BCUT2D eigenvalue weighted by Crippen LogP contribution is 2.28. The van der Waals surface area contributed by atoms with Gasteiger partial charge in [0.1, 0.15) is 0 Å². The van der Waals surface area contributed by atoms with Gasteiger partial charge < -0.3 is 5.32 Å². The van der Waals surface area contributed by atoms with Crippen LogP contribution in [0.15, 0.2) is 18.2 Å². The van der Waals surface area contributed by atoms with Gasteiger partial charge in [-0.05, 0) is 56.7 Å². The number of rotatable bonds is 5. The molecule has 1 aliphatic heterocycles. The predicted molar refractivity (Wildman–Crippen MR) is 89.6 cm³/mol. The molecule has 1 saturated heterocycles. The van der Waals surface area contributed by atoms with Gasteiger partial charge in [0.25, 0.3) is 0 Å². The zero-order valence-electron chi connectivity index (χ0n) is 13.7. The summed E-state index contributed by atoms with van der Waals surface area (Å²) in [6, 6.07) is 7.68. The standard InChI is InChI=1S/C19H30N2/c1-15-7-8-18(16(2)11-15)14-21(19-9-10-20-12-19)13-17-5-3-4-6-17/h7-8,11,17,19-20H,3-6,9-10,12-14H2,1-2H3/t19-/m0/s1. The molecule has 1 aliphatic carbocycles. The molecule has 116 valence electrons. The maximum absolute atomic E-state index is 3.55. The highest BCUT2D eigenvalue weighted by Gasteiger charge is 2.26. The smallest absolute Gasteiger partial charge is 0.0239 e. The van der Waals surface area contributed by atoms with Gasteiger partial charge in [0.05, 0.1) is 0 Å². The summed E-state index contributed by atoms with van der Waals surface area (Å²) in [5.41, 5.74) is 4.35. The van der Waals surface area contributed by atoms with Crippen molar-refractivity contribution in [3.8, 4) is 0 Å². The molecule has 21 heavy (non-hydrogen) atoms. The third-order valence-corrected chi connectivity index (χ3v) is 5.39. The third-order valence-electron chi connectivity index (χ3n) is 5.39. The molecule has 0 unspecified atom stereocenters. The van der Waals surface area contributed by atoms with Crippen LogP contribution in [-0.2, 0) is 6.54 Å². The Morgan fingerprint density at radius 2 is 1.95 bits per heavy atom. The third kappa shape index (κ3) is 3.87. The lowest BCUT2D eigenvalue weighted by Gasteiger charge is -2.31. The lowest BCUT2D eigenvalue weighted by molar-refractivity contribution is 0.168. The minimum Gasteiger partial charge on any atom is -0.315 e. The lowest BCUT2D eigenvalue weighted by atomic mass is 10.0. The summed E-state index contributed by atoms with van der Waals surface area (Å²) in [6.07, 6.45) is 7.11. The minimum atomic E-state index is 0.742. The first kappa shape index (κ1) is 15.1. The van der Waals surface area contributed by atoms with E-state index in [-0.39, 0.29) is 0 Å². The van der Waals surface area contributed by atoms with E-state index in [0.717, 1.165) is 18.5 Å². The molecule has 0 radical (unpaired) electrons. The van der Waals surface area contributed by atoms with E-state index in [1.165, 1.54) is 68.4 Å². The molecule has 0 spiro atoms. The van der Waals surface area contributed by atoms with E-state index in [4.69, 9.17) is 0 Å². The Bertz CT molecular complexity index is 457. The monoisotopic (exact) mass is 286 g/mol. The van der Waals surface area contributed by atoms with Crippen LogP contribution in [0, 0.1) is 19.8 Å². The zero-order chi connectivity index (χ0) is 14.7. The van der Waals surface area contributed by atoms with Crippen molar-refractivity contribution in [3.05, 3.63) is 34.9 Å². The molecular weight excluding hydrogens is 256 g/mol. The van der Waals surface area contributed by atoms with Crippen molar-refractivity contribution < 1.29 is 0 Å². The van der Waals surface area contributed by atoms with Crippen molar-refractivity contribution >= 4 is 0 Å². The van der Waals surface area contributed by atoms with E-state index in [1.54, 1.807) is 0 Å². The summed E-state index contributed by atoms with van der Waals surface area (Å²) in [7, 11) is 0. The van der Waals surface area contributed by atoms with E-state index in [9.17, 15) is 0 Å². The van der Waals surface area contributed by atoms with E-state index in [1.807, 2.05) is 0 Å². The Balaban J connectivity index is 1.70. The van der Waals surface area contributed by atoms with Crippen molar-refractivity contribution in [2.75, 3.05) is 19.6 Å². The summed E-state index contributed by atoms with van der Waals surface area (Å²) < 4.78 is 0. The van der Waals surface area contributed by atoms with Gasteiger partial charge in [-0.1, -0.05) is 36.6 Å². The normalized spacial score (nSPS) is 23.3. The van der Waals surface area contributed by atoms with Crippen LogP contribution in [-0.4, -0.2) is 30.6 Å². The second-order valence-corrected chi connectivity index (χ2v) is 7.16. The molecule has 3 rings (SSSR count). The number of aryl methyl sites for hydroxylation is 2. The van der Waals surface area contributed by atoms with Crippen LogP contribution in [0.5, 0.6) is 0 Å². The second kappa shape index (κ2) is 6.93. The molecule has 1 saturated carbocycles. The SMILES string of the molecule is Cc1ccc(CN(CC2CCCC2)[C@H]2CCNC2)c(C)c1. The molecule has 0 amide bonds. The molecule has 0 bridgehead atoms. The molecule has 2 heteroatoms. The van der Waals surface area contributed by atoms with Crippen LogP contribution in [0.2, 0.25) is 0 Å². The minimum absolute atomic E-state index is 0.742. The van der Waals surface area contributed by atoms with Gasteiger partial charge in [0.15, 0.2) is 0 Å². The largest absolute Gasteiger partial charge is 0.315 e. The van der Waals surface area contributed by atoms with Gasteiger partial charge in [-0.25, -0.2) is 0 Å². The molecule has 2 nitrogen and oxygen atoms in total. The average molecular weight is 286 g/mol. The first-order chi connectivity index (χ1) is 10.2. The first-order valence-electron chi connectivity index (χ1n) is 8.73. The van der Waals surface area contributed by atoms with Gasteiger partial charge in [0.2, 0.25) is 0 Å². The van der Waals surface area contributed by atoms with Crippen LogP contribution in [0.3, 0.4) is 0 Å². The second-order valence-electron chi connectivity index (χ2n) is 7.16. The average Bonchev–Trinajstić information content (AvgIpc) is 3.13. The van der Waals surface area contributed by atoms with E-state index < -0.39 is 0 Å². The topological polar surface area (TPSA) is 15.3 Å². The lowest BCUT2D eigenvalue weighted by Crippen LogP contribution is -2.39. The van der Waals surface area contributed by atoms with Crippen molar-refractivity contribution in [1.29, 1.82) is 0 Å². The van der Waals surface area contributed by atoms with Crippen LogP contribution in [0.1, 0.15) is 48.8 Å². The Hall–Kier alpha value is -0.860. The molecule has 1 aromatic carbocycles. The van der Waals surface area contributed by atoms with Gasteiger partial charge in [-0.2, -0.15) is 0 Å². The van der Waals surface area contributed by atoms with Crippen molar-refractivity contribution in [2.24, 2.45) is 5.92 Å². The predicted octanol–water partition coefficient (Wildman–Crippen LogP) is 3.66. The van der Waals surface area contributed by atoms with E-state index >= 15 is 0 Å². The van der Waals surface area contributed by atoms with Crippen LogP contribution in [0.4, 0.5) is 0 Å². The summed E-state index contributed by atoms with van der Waals surface area (Å²) in [5.74, 6) is 0.941. The number of hydrogen-bond donors (Lipinski definition) is 1. The first-order valence-corrected chi connectivity index (χ1v) is 8.73. The molecular formula is C19H30N2. The Kier molecular flexibility index (Phi) is 4.97. The Morgan fingerprint density at radius 1 is 1.14 bits per heavy atom.